The monoisotopic (exact) mass is 315 g/mol. The molecule has 0 bridgehead atoms. The summed E-state index contributed by atoms with van der Waals surface area (Å²) in [7, 11) is -3.77. The van der Waals surface area contributed by atoms with E-state index in [1.54, 1.807) is 12.1 Å². The predicted molar refractivity (Wildman–Crippen MR) is 84.7 cm³/mol. The third-order valence-electron chi connectivity index (χ3n) is 3.28. The van der Waals surface area contributed by atoms with E-state index in [9.17, 15) is 8.42 Å². The minimum atomic E-state index is -3.77. The molecule has 2 aromatic carbocycles. The summed E-state index contributed by atoms with van der Waals surface area (Å²) in [6, 6.07) is 15.4. The second kappa shape index (κ2) is 7.21. The first-order valence-corrected chi connectivity index (χ1v) is 8.31. The fourth-order valence-electron chi connectivity index (χ4n) is 2.02. The van der Waals surface area contributed by atoms with Crippen LogP contribution in [0.15, 0.2) is 59.5 Å². The first-order chi connectivity index (χ1) is 10.5. The van der Waals surface area contributed by atoms with Crippen molar-refractivity contribution in [1.82, 2.24) is 0 Å². The molecule has 0 fully saturated rings. The van der Waals surface area contributed by atoms with Crippen molar-refractivity contribution in [3.05, 3.63) is 77.1 Å². The summed E-state index contributed by atoms with van der Waals surface area (Å²) < 4.78 is 29.1. The van der Waals surface area contributed by atoms with E-state index in [0.717, 1.165) is 11.1 Å². The Hall–Kier alpha value is -2.16. The molecule has 114 valence electrons. The van der Waals surface area contributed by atoms with E-state index in [4.69, 9.17) is 10.8 Å². The average Bonchev–Trinajstić information content (AvgIpc) is 2.53. The minimum absolute atomic E-state index is 0.0157. The molecule has 4 nitrogen and oxygen atoms in total. The van der Waals surface area contributed by atoms with Gasteiger partial charge >= 0.3 is 0 Å². The summed E-state index contributed by atoms with van der Waals surface area (Å²) in [4.78, 5) is 3.67. The molecule has 0 saturated carbocycles. The summed E-state index contributed by atoms with van der Waals surface area (Å²) in [5, 5.41) is 0. The normalized spacial score (nSPS) is 12.5. The molecule has 0 aliphatic carbocycles. The Labute approximate surface area is 131 Å². The summed E-state index contributed by atoms with van der Waals surface area (Å²) in [5.41, 5.74) is 1.85. The predicted octanol–water partition coefficient (Wildman–Crippen LogP) is 3.75. The molecule has 2 rings (SSSR count). The maximum absolute atomic E-state index is 12.1. The number of hydrogen-bond acceptors (Lipinski definition) is 3. The number of nitrogens with zero attached hydrogens (tertiary/aromatic N) is 1. The van der Waals surface area contributed by atoms with E-state index in [-0.39, 0.29) is 11.5 Å². The lowest BCUT2D eigenvalue weighted by atomic mass is 10.1. The number of rotatable bonds is 6. The van der Waals surface area contributed by atoms with Gasteiger partial charge in [-0.2, -0.15) is 8.42 Å². The fraction of sp³-hybridized carbons (Fsp3) is 0.235. The highest BCUT2D eigenvalue weighted by molar-refractivity contribution is 7.86. The van der Waals surface area contributed by atoms with Gasteiger partial charge in [-0.3, -0.25) is 4.18 Å². The van der Waals surface area contributed by atoms with Crippen LogP contribution in [0.5, 0.6) is 0 Å². The molecule has 0 saturated heterocycles. The second-order valence-electron chi connectivity index (χ2n) is 4.93. The Balaban J connectivity index is 1.98. The number of hydrogen-bond donors (Lipinski definition) is 0. The van der Waals surface area contributed by atoms with E-state index in [2.05, 4.69) is 4.85 Å². The van der Waals surface area contributed by atoms with Crippen molar-refractivity contribution >= 4 is 10.1 Å². The Morgan fingerprint density at radius 1 is 1.09 bits per heavy atom. The van der Waals surface area contributed by atoms with E-state index >= 15 is 0 Å². The molecule has 0 heterocycles. The lowest BCUT2D eigenvalue weighted by Gasteiger charge is -2.08. The van der Waals surface area contributed by atoms with Gasteiger partial charge in [0.05, 0.1) is 17.9 Å². The van der Waals surface area contributed by atoms with Crippen molar-refractivity contribution in [1.29, 1.82) is 0 Å². The SMILES string of the molecule is [C-]#[N+]C(CCOS(=O)(=O)c1ccc(C)cc1)c1ccccc1. The van der Waals surface area contributed by atoms with Crippen molar-refractivity contribution in [3.8, 4) is 0 Å². The van der Waals surface area contributed by atoms with E-state index in [0.29, 0.717) is 6.42 Å². The van der Waals surface area contributed by atoms with Crippen LogP contribution in [0.3, 0.4) is 0 Å². The lowest BCUT2D eigenvalue weighted by molar-refractivity contribution is 0.306. The number of benzene rings is 2. The van der Waals surface area contributed by atoms with Crippen LogP contribution in [-0.2, 0) is 14.3 Å². The molecule has 1 unspecified atom stereocenters. The highest BCUT2D eigenvalue weighted by atomic mass is 32.2. The molecular formula is C17H17NO3S. The standard InChI is InChI=1S/C17H17NO3S/c1-14-8-10-16(11-9-14)22(19,20)21-13-12-17(18-2)15-6-4-3-5-7-15/h3-11,17H,12-13H2,1H3. The zero-order valence-electron chi connectivity index (χ0n) is 12.3. The van der Waals surface area contributed by atoms with Gasteiger partial charge in [-0.05, 0) is 19.1 Å². The van der Waals surface area contributed by atoms with Crippen molar-refractivity contribution < 1.29 is 12.6 Å². The van der Waals surface area contributed by atoms with Crippen molar-refractivity contribution in [2.75, 3.05) is 6.61 Å². The zero-order valence-corrected chi connectivity index (χ0v) is 13.1. The van der Waals surface area contributed by atoms with Gasteiger partial charge in [0.15, 0.2) is 0 Å². The summed E-state index contributed by atoms with van der Waals surface area (Å²) in [6.45, 7) is 9.11. The summed E-state index contributed by atoms with van der Waals surface area (Å²) in [6.07, 6.45) is 0.332. The Morgan fingerprint density at radius 2 is 1.73 bits per heavy atom. The number of aryl methyl sites for hydroxylation is 1. The van der Waals surface area contributed by atoms with Crippen LogP contribution in [0.2, 0.25) is 0 Å². The molecule has 1 atom stereocenters. The Kier molecular flexibility index (Phi) is 5.31. The smallest absolute Gasteiger partial charge is 0.296 e. The lowest BCUT2D eigenvalue weighted by Crippen LogP contribution is -2.09. The fourth-order valence-corrected chi connectivity index (χ4v) is 2.94. The van der Waals surface area contributed by atoms with E-state index in [1.165, 1.54) is 12.1 Å². The molecule has 22 heavy (non-hydrogen) atoms. The molecule has 0 aromatic heterocycles. The van der Waals surface area contributed by atoms with Gasteiger partial charge in [0.1, 0.15) is 0 Å². The molecule has 0 amide bonds. The topological polar surface area (TPSA) is 47.7 Å². The van der Waals surface area contributed by atoms with Crippen LogP contribution in [0.25, 0.3) is 4.85 Å². The maximum atomic E-state index is 12.1. The van der Waals surface area contributed by atoms with Gasteiger partial charge in [-0.1, -0.05) is 48.0 Å². The zero-order chi connectivity index (χ0) is 16.0. The molecule has 0 radical (unpaired) electrons. The van der Waals surface area contributed by atoms with Crippen LogP contribution in [0.4, 0.5) is 0 Å². The molecule has 5 heteroatoms. The van der Waals surface area contributed by atoms with Crippen LogP contribution in [0, 0.1) is 13.5 Å². The van der Waals surface area contributed by atoms with Crippen LogP contribution in [0.1, 0.15) is 23.6 Å². The van der Waals surface area contributed by atoms with Gasteiger partial charge in [0, 0.05) is 5.56 Å². The third-order valence-corrected chi connectivity index (χ3v) is 4.61. The van der Waals surface area contributed by atoms with Gasteiger partial charge < -0.3 is 4.85 Å². The van der Waals surface area contributed by atoms with Crippen molar-refractivity contribution in [2.45, 2.75) is 24.3 Å². The van der Waals surface area contributed by atoms with E-state index < -0.39 is 16.2 Å². The first kappa shape index (κ1) is 16.2. The van der Waals surface area contributed by atoms with Gasteiger partial charge in [-0.15, -0.1) is 0 Å². The van der Waals surface area contributed by atoms with Crippen molar-refractivity contribution in [2.24, 2.45) is 0 Å². The van der Waals surface area contributed by atoms with Crippen molar-refractivity contribution in [3.63, 3.8) is 0 Å². The largest absolute Gasteiger partial charge is 0.308 e. The molecule has 0 aliphatic rings. The molecule has 0 aliphatic heterocycles. The molecule has 0 N–H and O–H groups in total. The summed E-state index contributed by atoms with van der Waals surface area (Å²) >= 11 is 0. The highest BCUT2D eigenvalue weighted by Gasteiger charge is 2.19. The highest BCUT2D eigenvalue weighted by Crippen LogP contribution is 2.22. The molecule has 2 aromatic rings. The minimum Gasteiger partial charge on any atom is -0.308 e. The first-order valence-electron chi connectivity index (χ1n) is 6.90. The average molecular weight is 315 g/mol. The van der Waals surface area contributed by atoms with Gasteiger partial charge in [0.25, 0.3) is 16.2 Å². The summed E-state index contributed by atoms with van der Waals surface area (Å²) in [5.74, 6) is 0. The third kappa shape index (κ3) is 4.17. The van der Waals surface area contributed by atoms with Crippen LogP contribution in [-0.4, -0.2) is 15.0 Å². The van der Waals surface area contributed by atoms with Gasteiger partial charge in [0.2, 0.25) is 0 Å². The maximum Gasteiger partial charge on any atom is 0.296 e. The second-order valence-corrected chi connectivity index (χ2v) is 6.55. The van der Waals surface area contributed by atoms with Crippen LogP contribution >= 0.6 is 0 Å². The molecular weight excluding hydrogens is 298 g/mol. The van der Waals surface area contributed by atoms with E-state index in [1.807, 2.05) is 37.3 Å². The van der Waals surface area contributed by atoms with Gasteiger partial charge in [-0.25, -0.2) is 6.57 Å². The Bertz CT molecular complexity index is 747. The Morgan fingerprint density at radius 3 is 2.32 bits per heavy atom. The van der Waals surface area contributed by atoms with Crippen LogP contribution < -0.4 is 0 Å². The quantitative estimate of drug-likeness (QED) is 0.602. The molecule has 0 spiro atoms.